The molecule has 4 atom stereocenters. The molecule has 4 heterocycles. The minimum Gasteiger partial charge on any atom is -0.336 e. The van der Waals surface area contributed by atoms with Crippen LogP contribution in [0.2, 0.25) is 0 Å². The number of carbonyl (C=O) groups excluding carboxylic acids is 1. The molecule has 1 aromatic carbocycles. The van der Waals surface area contributed by atoms with Gasteiger partial charge < -0.3 is 15.5 Å². The van der Waals surface area contributed by atoms with E-state index in [0.717, 1.165) is 24.1 Å². The highest BCUT2D eigenvalue weighted by Crippen LogP contribution is 2.36. The summed E-state index contributed by atoms with van der Waals surface area (Å²) in [4.78, 5) is 17.4. The highest BCUT2D eigenvalue weighted by Gasteiger charge is 2.40. The second-order valence-corrected chi connectivity index (χ2v) is 7.90. The highest BCUT2D eigenvalue weighted by atomic mass is 16.2. The fourth-order valence-corrected chi connectivity index (χ4v) is 4.87. The lowest BCUT2D eigenvalue weighted by Gasteiger charge is -2.50. The van der Waals surface area contributed by atoms with Gasteiger partial charge in [-0.1, -0.05) is 18.2 Å². The first-order valence-corrected chi connectivity index (χ1v) is 9.84. The van der Waals surface area contributed by atoms with Gasteiger partial charge in [0.15, 0.2) is 0 Å². The third kappa shape index (κ3) is 4.15. The number of amides is 2. The molecular weight excluding hydrogens is 312 g/mol. The molecule has 2 amide bonds. The van der Waals surface area contributed by atoms with Gasteiger partial charge in [0.05, 0.1) is 0 Å². The van der Waals surface area contributed by atoms with Crippen molar-refractivity contribution in [3.05, 3.63) is 30.3 Å². The first kappa shape index (κ1) is 16.9. The van der Waals surface area contributed by atoms with E-state index in [1.165, 1.54) is 58.4 Å². The molecule has 4 saturated heterocycles. The zero-order valence-electron chi connectivity index (χ0n) is 15.0. The van der Waals surface area contributed by atoms with Crippen molar-refractivity contribution in [3.8, 4) is 0 Å². The maximum Gasteiger partial charge on any atom is 0.319 e. The van der Waals surface area contributed by atoms with Gasteiger partial charge in [0.1, 0.15) is 0 Å². The molecule has 2 bridgehead atoms. The molecule has 2 N–H and O–H groups in total. The molecule has 136 valence electrons. The molecule has 5 rings (SSSR count). The number of hydrogen-bond acceptors (Lipinski definition) is 3. The number of nitrogens with one attached hydrogen (secondary N) is 2. The maximum absolute atomic E-state index is 12.1. The molecule has 0 saturated carbocycles. The molecule has 5 nitrogen and oxygen atoms in total. The molecule has 4 aliphatic rings. The van der Waals surface area contributed by atoms with Crippen molar-refractivity contribution >= 4 is 11.7 Å². The molecule has 4 fully saturated rings. The van der Waals surface area contributed by atoms with Crippen LogP contribution in [0.3, 0.4) is 0 Å². The van der Waals surface area contributed by atoms with E-state index in [1.807, 2.05) is 30.3 Å². The minimum absolute atomic E-state index is 0.0949. The van der Waals surface area contributed by atoms with Gasteiger partial charge >= 0.3 is 6.03 Å². The molecule has 1 unspecified atom stereocenters. The summed E-state index contributed by atoms with van der Waals surface area (Å²) in [5.41, 5.74) is 0.844. The van der Waals surface area contributed by atoms with Crippen molar-refractivity contribution in [3.63, 3.8) is 0 Å². The summed E-state index contributed by atoms with van der Waals surface area (Å²) in [6, 6.07) is 10.1. The SMILES string of the molecule is O=C(NC[C@H]1C[C@@H]2CCN1C[C@@H]2CN1CCCC1)Nc1ccccc1. The number of benzene rings is 1. The van der Waals surface area contributed by atoms with E-state index in [0.29, 0.717) is 6.04 Å². The number of likely N-dealkylation sites (tertiary alicyclic amines) is 1. The van der Waals surface area contributed by atoms with Gasteiger partial charge in [-0.3, -0.25) is 4.90 Å². The standard InChI is InChI=1S/C20H30N4O/c25-20(22-18-6-2-1-3-7-18)21-13-19-12-16-8-11-24(19)15-17(16)14-23-9-4-5-10-23/h1-3,6-7,16-17,19H,4-5,8-15H2,(H2,21,22,25)/t16-,17-,19+/m0/s1. The van der Waals surface area contributed by atoms with E-state index >= 15 is 0 Å². The Hall–Kier alpha value is -1.59. The van der Waals surface area contributed by atoms with Crippen LogP contribution in [0.4, 0.5) is 10.5 Å². The number of urea groups is 1. The van der Waals surface area contributed by atoms with Crippen LogP contribution in [0.15, 0.2) is 30.3 Å². The van der Waals surface area contributed by atoms with Gasteiger partial charge in [0, 0.05) is 31.4 Å². The number of nitrogens with zero attached hydrogens (tertiary/aromatic N) is 2. The number of carbonyl (C=O) groups is 1. The quantitative estimate of drug-likeness (QED) is 0.865. The van der Waals surface area contributed by atoms with Crippen LogP contribution in [0.25, 0.3) is 0 Å². The Morgan fingerprint density at radius 3 is 2.64 bits per heavy atom. The van der Waals surface area contributed by atoms with Crippen LogP contribution in [0, 0.1) is 11.8 Å². The number of anilines is 1. The fourth-order valence-electron chi connectivity index (χ4n) is 4.87. The Kier molecular flexibility index (Phi) is 5.22. The molecule has 0 spiro atoms. The number of para-hydroxylation sites is 1. The van der Waals surface area contributed by atoms with Gasteiger partial charge in [-0.05, 0) is 69.3 Å². The molecule has 25 heavy (non-hydrogen) atoms. The van der Waals surface area contributed by atoms with Crippen LogP contribution in [-0.4, -0.2) is 61.1 Å². The zero-order valence-corrected chi connectivity index (χ0v) is 15.0. The van der Waals surface area contributed by atoms with Crippen LogP contribution < -0.4 is 10.6 Å². The summed E-state index contributed by atoms with van der Waals surface area (Å²) in [7, 11) is 0. The molecule has 1 aromatic rings. The summed E-state index contributed by atoms with van der Waals surface area (Å²) in [5, 5.41) is 5.98. The van der Waals surface area contributed by atoms with E-state index in [1.54, 1.807) is 0 Å². The van der Waals surface area contributed by atoms with Crippen LogP contribution in [0.1, 0.15) is 25.7 Å². The minimum atomic E-state index is -0.0949. The maximum atomic E-state index is 12.1. The Morgan fingerprint density at radius 2 is 1.92 bits per heavy atom. The van der Waals surface area contributed by atoms with Crippen molar-refractivity contribution in [2.45, 2.75) is 31.7 Å². The number of hydrogen-bond donors (Lipinski definition) is 2. The van der Waals surface area contributed by atoms with E-state index in [9.17, 15) is 4.79 Å². The monoisotopic (exact) mass is 342 g/mol. The van der Waals surface area contributed by atoms with Gasteiger partial charge in [-0.15, -0.1) is 0 Å². The molecule has 4 aliphatic heterocycles. The molecule has 0 aromatic heterocycles. The number of fused-ring (bicyclic) bond motifs is 3. The lowest BCUT2D eigenvalue weighted by molar-refractivity contribution is -0.00837. The Bertz CT molecular complexity index is 572. The summed E-state index contributed by atoms with van der Waals surface area (Å²) in [5.74, 6) is 1.68. The molecular formula is C20H30N4O. The Balaban J connectivity index is 1.24. The van der Waals surface area contributed by atoms with Gasteiger partial charge in [-0.2, -0.15) is 0 Å². The number of piperidine rings is 3. The molecule has 5 heteroatoms. The lowest BCUT2D eigenvalue weighted by atomic mass is 9.75. The van der Waals surface area contributed by atoms with Crippen molar-refractivity contribution < 1.29 is 4.79 Å². The largest absolute Gasteiger partial charge is 0.336 e. The summed E-state index contributed by atoms with van der Waals surface area (Å²) >= 11 is 0. The molecule has 0 radical (unpaired) electrons. The highest BCUT2D eigenvalue weighted by molar-refractivity contribution is 5.89. The van der Waals surface area contributed by atoms with Crippen LogP contribution in [-0.2, 0) is 0 Å². The second-order valence-electron chi connectivity index (χ2n) is 7.90. The van der Waals surface area contributed by atoms with Gasteiger partial charge in [0.2, 0.25) is 0 Å². The Morgan fingerprint density at radius 1 is 1.12 bits per heavy atom. The summed E-state index contributed by atoms with van der Waals surface area (Å²) < 4.78 is 0. The predicted octanol–water partition coefficient (Wildman–Crippen LogP) is 2.61. The Labute approximate surface area is 150 Å². The molecule has 0 aliphatic carbocycles. The topological polar surface area (TPSA) is 47.6 Å². The van der Waals surface area contributed by atoms with Crippen LogP contribution in [0.5, 0.6) is 0 Å². The van der Waals surface area contributed by atoms with Crippen LogP contribution >= 0.6 is 0 Å². The number of rotatable bonds is 5. The van der Waals surface area contributed by atoms with E-state index in [4.69, 9.17) is 0 Å². The lowest BCUT2D eigenvalue weighted by Crippen LogP contribution is -2.58. The first-order valence-electron chi connectivity index (χ1n) is 9.84. The first-order chi connectivity index (χ1) is 12.3. The van der Waals surface area contributed by atoms with Gasteiger partial charge in [0.25, 0.3) is 0 Å². The van der Waals surface area contributed by atoms with Gasteiger partial charge in [-0.25, -0.2) is 4.79 Å². The third-order valence-corrected chi connectivity index (χ3v) is 6.24. The predicted molar refractivity (Wildman–Crippen MR) is 101 cm³/mol. The third-order valence-electron chi connectivity index (χ3n) is 6.24. The van der Waals surface area contributed by atoms with Crippen molar-refractivity contribution in [1.29, 1.82) is 0 Å². The smallest absolute Gasteiger partial charge is 0.319 e. The zero-order chi connectivity index (χ0) is 17.1. The van der Waals surface area contributed by atoms with E-state index in [-0.39, 0.29) is 6.03 Å². The van der Waals surface area contributed by atoms with Crippen molar-refractivity contribution in [1.82, 2.24) is 15.1 Å². The van der Waals surface area contributed by atoms with Crippen molar-refractivity contribution in [2.75, 3.05) is 44.6 Å². The normalized spacial score (nSPS) is 31.8. The van der Waals surface area contributed by atoms with E-state index in [2.05, 4.69) is 20.4 Å². The average molecular weight is 342 g/mol. The second kappa shape index (κ2) is 7.75. The average Bonchev–Trinajstić information content (AvgIpc) is 3.15. The summed E-state index contributed by atoms with van der Waals surface area (Å²) in [6.07, 6.45) is 5.34. The van der Waals surface area contributed by atoms with E-state index < -0.39 is 0 Å². The van der Waals surface area contributed by atoms with Crippen molar-refractivity contribution in [2.24, 2.45) is 11.8 Å². The fraction of sp³-hybridized carbons (Fsp3) is 0.650. The summed E-state index contributed by atoms with van der Waals surface area (Å²) in [6.45, 7) is 7.06.